The van der Waals surface area contributed by atoms with Crippen molar-refractivity contribution < 1.29 is 17.6 Å². The van der Waals surface area contributed by atoms with Gasteiger partial charge >= 0.3 is 0 Å². The molecule has 0 bridgehead atoms. The molecule has 0 spiro atoms. The number of aromatic nitrogens is 2. The first-order valence-corrected chi connectivity index (χ1v) is 11.2. The summed E-state index contributed by atoms with van der Waals surface area (Å²) in [5, 5.41) is 0.560. The summed E-state index contributed by atoms with van der Waals surface area (Å²) in [6, 6.07) is 9.39. The largest absolute Gasteiger partial charge is 0.241 e. The fourth-order valence-electron chi connectivity index (χ4n) is 3.68. The number of rotatable bonds is 6. The van der Waals surface area contributed by atoms with Gasteiger partial charge in [0.25, 0.3) is 0 Å². The molecule has 35 heavy (non-hydrogen) atoms. The summed E-state index contributed by atoms with van der Waals surface area (Å²) in [5.74, 6) is 2.42. The second-order valence-electron chi connectivity index (χ2n) is 8.10. The average molecular weight is 475 g/mol. The Labute approximate surface area is 201 Å². The van der Waals surface area contributed by atoms with Gasteiger partial charge in [0.15, 0.2) is 11.6 Å². The molecule has 0 atom stereocenters. The van der Waals surface area contributed by atoms with Crippen LogP contribution in [0.1, 0.15) is 41.4 Å². The number of allylic oxidation sites excluding steroid dienone is 2. The van der Waals surface area contributed by atoms with Gasteiger partial charge in [0.05, 0.1) is 5.56 Å². The number of benzene rings is 3. The summed E-state index contributed by atoms with van der Waals surface area (Å²) in [6.07, 6.45) is 10.3. The SMILES string of the molecule is C/C=C/CCc1cnc(CCc2cc(F)c(C#Cc3ccc4c(F)c(F)ccc4c3)c(F)c2)nc1. The Balaban J connectivity index is 1.45. The lowest BCUT2D eigenvalue weighted by Crippen LogP contribution is -2.01. The lowest BCUT2D eigenvalue weighted by Gasteiger charge is -2.05. The Morgan fingerprint density at radius 3 is 2.23 bits per heavy atom. The summed E-state index contributed by atoms with van der Waals surface area (Å²) < 4.78 is 56.5. The summed E-state index contributed by atoms with van der Waals surface area (Å²) in [4.78, 5) is 8.68. The number of hydrogen-bond acceptors (Lipinski definition) is 2. The first kappa shape index (κ1) is 24.2. The van der Waals surface area contributed by atoms with Crippen LogP contribution in [0.15, 0.2) is 67.0 Å². The predicted molar refractivity (Wildman–Crippen MR) is 129 cm³/mol. The molecule has 1 heterocycles. The lowest BCUT2D eigenvalue weighted by molar-refractivity contribution is 0.517. The third-order valence-electron chi connectivity index (χ3n) is 5.57. The zero-order valence-corrected chi connectivity index (χ0v) is 19.1. The van der Waals surface area contributed by atoms with Crippen molar-refractivity contribution in [1.82, 2.24) is 9.97 Å². The van der Waals surface area contributed by atoms with Crippen molar-refractivity contribution in [1.29, 1.82) is 0 Å². The molecule has 2 nitrogen and oxygen atoms in total. The Hall–Kier alpha value is -3.98. The Morgan fingerprint density at radius 2 is 1.51 bits per heavy atom. The molecule has 0 saturated heterocycles. The molecular formula is C29H22F4N2. The van der Waals surface area contributed by atoms with Crippen LogP contribution in [-0.4, -0.2) is 9.97 Å². The van der Waals surface area contributed by atoms with Gasteiger partial charge < -0.3 is 0 Å². The molecule has 0 aliphatic heterocycles. The van der Waals surface area contributed by atoms with E-state index in [9.17, 15) is 17.6 Å². The molecule has 3 aromatic carbocycles. The summed E-state index contributed by atoms with van der Waals surface area (Å²) in [5.41, 5.74) is 1.60. The fraction of sp³-hybridized carbons (Fsp3) is 0.172. The zero-order valence-electron chi connectivity index (χ0n) is 19.1. The van der Waals surface area contributed by atoms with Gasteiger partial charge in [-0.05, 0) is 73.0 Å². The maximum atomic E-state index is 14.6. The van der Waals surface area contributed by atoms with E-state index in [0.29, 0.717) is 35.2 Å². The number of halogens is 4. The van der Waals surface area contributed by atoms with Crippen LogP contribution < -0.4 is 0 Å². The Bertz CT molecular complexity index is 1420. The van der Waals surface area contributed by atoms with E-state index in [4.69, 9.17) is 0 Å². The highest BCUT2D eigenvalue weighted by molar-refractivity contribution is 5.84. The van der Waals surface area contributed by atoms with Gasteiger partial charge in [-0.3, -0.25) is 0 Å². The van der Waals surface area contributed by atoms with Crippen molar-refractivity contribution in [3.63, 3.8) is 0 Å². The summed E-state index contributed by atoms with van der Waals surface area (Å²) >= 11 is 0. The van der Waals surface area contributed by atoms with Gasteiger partial charge in [0.1, 0.15) is 17.5 Å². The molecule has 0 radical (unpaired) electrons. The fourth-order valence-corrected chi connectivity index (χ4v) is 3.68. The molecule has 4 rings (SSSR count). The first-order chi connectivity index (χ1) is 16.9. The highest BCUT2D eigenvalue weighted by atomic mass is 19.2. The maximum Gasteiger partial charge on any atom is 0.166 e. The van der Waals surface area contributed by atoms with Crippen LogP contribution in [0.5, 0.6) is 0 Å². The maximum absolute atomic E-state index is 14.6. The van der Waals surface area contributed by atoms with Crippen molar-refractivity contribution in [2.24, 2.45) is 0 Å². The smallest absolute Gasteiger partial charge is 0.166 e. The molecule has 6 heteroatoms. The average Bonchev–Trinajstić information content (AvgIpc) is 2.85. The summed E-state index contributed by atoms with van der Waals surface area (Å²) in [7, 11) is 0. The van der Waals surface area contributed by atoms with Crippen LogP contribution in [0, 0.1) is 35.1 Å². The Morgan fingerprint density at radius 1 is 0.771 bits per heavy atom. The molecule has 0 aliphatic rings. The highest BCUT2D eigenvalue weighted by Gasteiger charge is 2.11. The molecule has 176 valence electrons. The van der Waals surface area contributed by atoms with E-state index in [0.717, 1.165) is 24.5 Å². The first-order valence-electron chi connectivity index (χ1n) is 11.2. The van der Waals surface area contributed by atoms with Crippen LogP contribution in [-0.2, 0) is 19.3 Å². The third-order valence-corrected chi connectivity index (χ3v) is 5.57. The van der Waals surface area contributed by atoms with Gasteiger partial charge in [0, 0.05) is 29.8 Å². The van der Waals surface area contributed by atoms with E-state index in [1.807, 2.05) is 13.0 Å². The minimum Gasteiger partial charge on any atom is -0.241 e. The normalized spacial score (nSPS) is 11.1. The topological polar surface area (TPSA) is 25.8 Å². The van der Waals surface area contributed by atoms with Crippen LogP contribution in [0.2, 0.25) is 0 Å². The van der Waals surface area contributed by atoms with Gasteiger partial charge in [-0.1, -0.05) is 36.1 Å². The number of fused-ring (bicyclic) bond motifs is 1. The Kier molecular flexibility index (Phi) is 7.57. The van der Waals surface area contributed by atoms with Gasteiger partial charge in [-0.25, -0.2) is 27.5 Å². The van der Waals surface area contributed by atoms with Crippen molar-refractivity contribution in [3.05, 3.63) is 118 Å². The van der Waals surface area contributed by atoms with E-state index in [1.54, 1.807) is 18.5 Å². The monoisotopic (exact) mass is 474 g/mol. The number of aryl methyl sites for hydroxylation is 3. The van der Waals surface area contributed by atoms with Crippen molar-refractivity contribution >= 4 is 10.8 Å². The molecule has 0 N–H and O–H groups in total. The van der Waals surface area contributed by atoms with Crippen LogP contribution in [0.3, 0.4) is 0 Å². The number of hydrogen-bond donors (Lipinski definition) is 0. The quantitative estimate of drug-likeness (QED) is 0.173. The molecule has 4 aromatic rings. The number of nitrogens with zero attached hydrogens (tertiary/aromatic N) is 2. The minimum atomic E-state index is -0.944. The van der Waals surface area contributed by atoms with E-state index in [-0.39, 0.29) is 10.9 Å². The standard InChI is InChI=1S/C29H22F4N2/c1-2-3-4-5-21-17-34-28(35-18-21)13-8-20-15-26(31)24(27(32)16-20)11-7-19-6-10-23-22(14-19)9-12-25(30)29(23)33/h2-3,6,9-10,12,14-18H,4-5,8,13H2,1H3/b3-2+. The van der Waals surface area contributed by atoms with E-state index in [2.05, 4.69) is 27.9 Å². The minimum absolute atomic E-state index is 0.115. The van der Waals surface area contributed by atoms with E-state index < -0.39 is 23.3 Å². The summed E-state index contributed by atoms with van der Waals surface area (Å²) in [6.45, 7) is 1.97. The van der Waals surface area contributed by atoms with E-state index in [1.165, 1.54) is 30.3 Å². The molecule has 1 aromatic heterocycles. The lowest BCUT2D eigenvalue weighted by atomic mass is 10.0. The molecule has 0 amide bonds. The molecule has 0 unspecified atom stereocenters. The molecule has 0 fully saturated rings. The molecule has 0 saturated carbocycles. The molecular weight excluding hydrogens is 452 g/mol. The highest BCUT2D eigenvalue weighted by Crippen LogP contribution is 2.22. The van der Waals surface area contributed by atoms with Crippen molar-refractivity contribution in [2.45, 2.75) is 32.6 Å². The van der Waals surface area contributed by atoms with Gasteiger partial charge in [-0.15, -0.1) is 0 Å². The second kappa shape index (κ2) is 11.0. The van der Waals surface area contributed by atoms with Crippen LogP contribution in [0.4, 0.5) is 17.6 Å². The molecule has 0 aliphatic carbocycles. The zero-order chi connectivity index (χ0) is 24.8. The third kappa shape index (κ3) is 5.93. The van der Waals surface area contributed by atoms with Gasteiger partial charge in [-0.2, -0.15) is 0 Å². The van der Waals surface area contributed by atoms with Crippen LogP contribution in [0.25, 0.3) is 10.8 Å². The van der Waals surface area contributed by atoms with Gasteiger partial charge in [0.2, 0.25) is 0 Å². The second-order valence-corrected chi connectivity index (χ2v) is 8.10. The van der Waals surface area contributed by atoms with Crippen molar-refractivity contribution in [3.8, 4) is 11.8 Å². The van der Waals surface area contributed by atoms with E-state index >= 15 is 0 Å². The van der Waals surface area contributed by atoms with Crippen molar-refractivity contribution in [2.75, 3.05) is 0 Å². The van der Waals surface area contributed by atoms with Crippen LogP contribution >= 0.6 is 0 Å². The predicted octanol–water partition coefficient (Wildman–Crippen LogP) is 6.88.